The van der Waals surface area contributed by atoms with Crippen LogP contribution < -0.4 is 0 Å². The monoisotopic (exact) mass is 267 g/mol. The third kappa shape index (κ3) is 4.81. The zero-order valence-corrected chi connectivity index (χ0v) is 12.9. The minimum Gasteiger partial charge on any atom is -0.219 e. The minimum atomic E-state index is -0.213. The van der Waals surface area contributed by atoms with Crippen molar-refractivity contribution < 1.29 is 4.39 Å². The first-order chi connectivity index (χ1) is 8.09. The number of rotatable bonds is 2. The van der Waals surface area contributed by atoms with E-state index in [1.807, 2.05) is 0 Å². The summed E-state index contributed by atoms with van der Waals surface area (Å²) in [6.45, 7) is 12.8. The van der Waals surface area contributed by atoms with Crippen molar-refractivity contribution in [3.63, 3.8) is 0 Å². The van der Waals surface area contributed by atoms with Crippen LogP contribution in [-0.4, -0.2) is 10.5 Å². The average Bonchev–Trinajstić information content (AvgIpc) is 2.17. The topological polar surface area (TPSA) is 12.4 Å². The third-order valence-electron chi connectivity index (χ3n) is 2.24. The zero-order chi connectivity index (χ0) is 14.0. The maximum atomic E-state index is 13.0. The van der Waals surface area contributed by atoms with Gasteiger partial charge in [-0.25, -0.2) is 8.79 Å². The Bertz CT molecular complexity index is 421. The highest BCUT2D eigenvalue weighted by Crippen LogP contribution is 2.30. The summed E-state index contributed by atoms with van der Waals surface area (Å²) >= 11 is 1.56. The van der Waals surface area contributed by atoms with E-state index >= 15 is 0 Å². The molecule has 3 heteroatoms. The summed E-state index contributed by atoms with van der Waals surface area (Å²) in [6, 6.07) is 6.56. The second kappa shape index (κ2) is 5.43. The van der Waals surface area contributed by atoms with Gasteiger partial charge in [-0.1, -0.05) is 32.9 Å². The second-order valence-corrected chi connectivity index (χ2v) is 7.99. The molecular weight excluding hydrogens is 245 g/mol. The van der Waals surface area contributed by atoms with E-state index in [2.05, 4.69) is 45.9 Å². The van der Waals surface area contributed by atoms with Gasteiger partial charge in [-0.2, -0.15) is 0 Å². The first-order valence-electron chi connectivity index (χ1n) is 6.12. The van der Waals surface area contributed by atoms with Crippen molar-refractivity contribution in [3.05, 3.63) is 35.6 Å². The Morgan fingerprint density at radius 3 is 1.89 bits per heavy atom. The Labute approximate surface area is 114 Å². The van der Waals surface area contributed by atoms with Crippen molar-refractivity contribution in [1.29, 1.82) is 0 Å². The first-order valence-corrected chi connectivity index (χ1v) is 6.89. The fourth-order valence-corrected chi connectivity index (χ4v) is 2.16. The normalized spacial score (nSPS) is 13.8. The molecule has 1 nitrogen and oxygen atoms in total. The fraction of sp³-hybridized carbons (Fsp3) is 0.533. The summed E-state index contributed by atoms with van der Waals surface area (Å²) in [7, 11) is 0. The van der Waals surface area contributed by atoms with E-state index < -0.39 is 0 Å². The number of hydrogen-bond acceptors (Lipinski definition) is 2. The summed E-state index contributed by atoms with van der Waals surface area (Å²) in [5, 5.41) is 0. The van der Waals surface area contributed by atoms with E-state index in [1.165, 1.54) is 12.1 Å². The van der Waals surface area contributed by atoms with Gasteiger partial charge in [0.25, 0.3) is 0 Å². The molecule has 1 rings (SSSR count). The highest BCUT2D eigenvalue weighted by molar-refractivity contribution is 7.99. The lowest BCUT2D eigenvalue weighted by molar-refractivity contribution is 0.592. The van der Waals surface area contributed by atoms with Gasteiger partial charge in [-0.3, -0.25) is 0 Å². The van der Waals surface area contributed by atoms with E-state index in [9.17, 15) is 4.39 Å². The Balaban J connectivity index is 3.11. The molecule has 0 aliphatic heterocycles. The summed E-state index contributed by atoms with van der Waals surface area (Å²) in [5.41, 5.74) is 1.93. The van der Waals surface area contributed by atoms with Gasteiger partial charge in [0.05, 0.1) is 5.71 Å². The first kappa shape index (κ1) is 15.2. The SMILES string of the molecule is CC(C)(C)SN=C(c1ccc(F)cc1)C(C)(C)C. The van der Waals surface area contributed by atoms with Crippen molar-refractivity contribution in [3.8, 4) is 0 Å². The van der Waals surface area contributed by atoms with Crippen LogP contribution >= 0.6 is 11.9 Å². The van der Waals surface area contributed by atoms with Crippen molar-refractivity contribution in [1.82, 2.24) is 0 Å². The summed E-state index contributed by atoms with van der Waals surface area (Å²) in [6.07, 6.45) is 0. The van der Waals surface area contributed by atoms with Gasteiger partial charge in [0.15, 0.2) is 0 Å². The second-order valence-electron chi connectivity index (χ2n) is 6.40. The number of hydrogen-bond donors (Lipinski definition) is 0. The van der Waals surface area contributed by atoms with Crippen LogP contribution in [0.15, 0.2) is 28.7 Å². The van der Waals surface area contributed by atoms with Gasteiger partial charge in [0.2, 0.25) is 0 Å². The molecule has 0 N–H and O–H groups in total. The van der Waals surface area contributed by atoms with Crippen molar-refractivity contribution in [2.45, 2.75) is 46.3 Å². The molecule has 18 heavy (non-hydrogen) atoms. The number of nitrogens with zero attached hydrogens (tertiary/aromatic N) is 1. The van der Waals surface area contributed by atoms with Crippen molar-refractivity contribution in [2.24, 2.45) is 9.81 Å². The van der Waals surface area contributed by atoms with Crippen LogP contribution in [0.1, 0.15) is 47.1 Å². The molecule has 0 aromatic heterocycles. The lowest BCUT2D eigenvalue weighted by atomic mass is 9.86. The smallest absolute Gasteiger partial charge is 0.123 e. The lowest BCUT2D eigenvalue weighted by Gasteiger charge is -2.23. The van der Waals surface area contributed by atoms with Crippen LogP contribution in [0.5, 0.6) is 0 Å². The Morgan fingerprint density at radius 2 is 1.50 bits per heavy atom. The van der Waals surface area contributed by atoms with E-state index in [1.54, 1.807) is 24.1 Å². The van der Waals surface area contributed by atoms with Crippen LogP contribution in [0.25, 0.3) is 0 Å². The Morgan fingerprint density at radius 1 is 1.00 bits per heavy atom. The molecule has 0 bridgehead atoms. The lowest BCUT2D eigenvalue weighted by Crippen LogP contribution is -2.22. The van der Waals surface area contributed by atoms with Crippen molar-refractivity contribution >= 4 is 17.7 Å². The molecule has 0 atom stereocenters. The van der Waals surface area contributed by atoms with Crippen LogP contribution in [0, 0.1) is 11.2 Å². The molecule has 1 aromatic rings. The van der Waals surface area contributed by atoms with E-state index in [0.29, 0.717) is 0 Å². The molecule has 0 aliphatic carbocycles. The zero-order valence-electron chi connectivity index (χ0n) is 12.0. The summed E-state index contributed by atoms with van der Waals surface area (Å²) in [5.74, 6) is -0.213. The molecule has 0 radical (unpaired) electrons. The largest absolute Gasteiger partial charge is 0.219 e. The quantitative estimate of drug-likeness (QED) is 0.536. The van der Waals surface area contributed by atoms with E-state index in [4.69, 9.17) is 0 Å². The molecule has 0 fully saturated rings. The van der Waals surface area contributed by atoms with Gasteiger partial charge in [-0.05, 0) is 50.4 Å². The predicted molar refractivity (Wildman–Crippen MR) is 79.7 cm³/mol. The molecule has 0 unspecified atom stereocenters. The van der Waals surface area contributed by atoms with E-state index in [-0.39, 0.29) is 16.0 Å². The highest BCUT2D eigenvalue weighted by atomic mass is 32.2. The van der Waals surface area contributed by atoms with Gasteiger partial charge in [0.1, 0.15) is 5.82 Å². The summed E-state index contributed by atoms with van der Waals surface area (Å²) < 4.78 is 17.7. The van der Waals surface area contributed by atoms with Crippen LogP contribution in [0.3, 0.4) is 0 Å². The van der Waals surface area contributed by atoms with Crippen LogP contribution in [0.2, 0.25) is 0 Å². The number of benzene rings is 1. The van der Waals surface area contributed by atoms with E-state index in [0.717, 1.165) is 11.3 Å². The molecule has 0 heterocycles. The van der Waals surface area contributed by atoms with Crippen LogP contribution in [-0.2, 0) is 0 Å². The molecule has 0 spiro atoms. The molecule has 0 amide bonds. The minimum absolute atomic E-state index is 0.0594. The van der Waals surface area contributed by atoms with Crippen LogP contribution in [0.4, 0.5) is 4.39 Å². The molecule has 100 valence electrons. The average molecular weight is 267 g/mol. The fourth-order valence-electron chi connectivity index (χ4n) is 1.41. The standard InChI is InChI=1S/C15H22FNS/c1-14(2,3)13(17-18-15(4,5)6)11-7-9-12(16)10-8-11/h7-10H,1-6H3. The Hall–Kier alpha value is -0.830. The third-order valence-corrected chi connectivity index (χ3v) is 3.06. The van der Waals surface area contributed by atoms with Gasteiger partial charge < -0.3 is 0 Å². The van der Waals surface area contributed by atoms with Crippen molar-refractivity contribution in [2.75, 3.05) is 0 Å². The van der Waals surface area contributed by atoms with Gasteiger partial charge in [0, 0.05) is 10.2 Å². The maximum Gasteiger partial charge on any atom is 0.123 e. The molecule has 0 saturated carbocycles. The highest BCUT2D eigenvalue weighted by Gasteiger charge is 2.22. The molecule has 1 aromatic carbocycles. The molecule has 0 aliphatic rings. The van der Waals surface area contributed by atoms with Gasteiger partial charge >= 0.3 is 0 Å². The maximum absolute atomic E-state index is 13.0. The molecular formula is C15H22FNS. The Kier molecular flexibility index (Phi) is 4.60. The summed E-state index contributed by atoms with van der Waals surface area (Å²) in [4.78, 5) is 0. The number of halogens is 1. The molecule has 0 saturated heterocycles. The van der Waals surface area contributed by atoms with Gasteiger partial charge in [-0.15, -0.1) is 0 Å². The predicted octanol–water partition coefficient (Wildman–Crippen LogP) is 5.11.